The normalized spacial score (nSPS) is 25.7. The number of rotatable bonds is 4. The number of nitrogens with zero attached hydrogens (tertiary/aromatic N) is 2. The summed E-state index contributed by atoms with van der Waals surface area (Å²) >= 11 is 0.699. The molecular formula is C13H16N4O5S. The summed E-state index contributed by atoms with van der Waals surface area (Å²) in [5, 5.41) is 20.2. The predicted octanol–water partition coefficient (Wildman–Crippen LogP) is -0.686. The summed E-state index contributed by atoms with van der Waals surface area (Å²) in [6.45, 7) is 3.54. The van der Waals surface area contributed by atoms with Crippen LogP contribution in [0.2, 0.25) is 0 Å². The summed E-state index contributed by atoms with van der Waals surface area (Å²) in [5.41, 5.74) is 5.05. The van der Waals surface area contributed by atoms with Crippen molar-refractivity contribution >= 4 is 27.6 Å². The molecule has 0 spiro atoms. The molecule has 0 aliphatic carbocycles. The van der Waals surface area contributed by atoms with Gasteiger partial charge in [-0.15, -0.1) is 6.58 Å². The quantitative estimate of drug-likeness (QED) is 0.539. The fraction of sp³-hybridized carbons (Fsp3) is 0.462. The molecule has 0 saturated carbocycles. The average molecular weight is 340 g/mol. The lowest BCUT2D eigenvalue weighted by atomic mass is 10.1. The molecule has 10 heteroatoms. The van der Waals surface area contributed by atoms with Gasteiger partial charge in [-0.1, -0.05) is 17.4 Å². The van der Waals surface area contributed by atoms with Crippen LogP contribution in [0, 0.1) is 0 Å². The van der Waals surface area contributed by atoms with E-state index in [2.05, 4.69) is 16.5 Å². The van der Waals surface area contributed by atoms with Crippen molar-refractivity contribution in [1.82, 2.24) is 14.5 Å². The third kappa shape index (κ3) is 2.70. The number of hydrogen-bond donors (Lipinski definition) is 4. The fourth-order valence-corrected chi connectivity index (χ4v) is 3.50. The highest BCUT2D eigenvalue weighted by Gasteiger charge is 2.40. The number of aliphatic hydroxyl groups excluding tert-OH is 2. The van der Waals surface area contributed by atoms with Crippen molar-refractivity contribution in [3.63, 3.8) is 0 Å². The van der Waals surface area contributed by atoms with Crippen molar-refractivity contribution in [2.45, 2.75) is 37.4 Å². The maximum absolute atomic E-state index is 12.2. The number of aromatic amines is 1. The van der Waals surface area contributed by atoms with Gasteiger partial charge in [0.15, 0.2) is 11.9 Å². The van der Waals surface area contributed by atoms with Crippen LogP contribution >= 0.6 is 11.3 Å². The molecule has 2 aromatic heterocycles. The molecule has 0 radical (unpaired) electrons. The number of nitrogens with two attached hydrogens (primary N) is 1. The molecule has 3 heterocycles. The van der Waals surface area contributed by atoms with E-state index < -0.39 is 35.0 Å². The Balaban J connectivity index is 2.04. The fourth-order valence-electron chi connectivity index (χ4n) is 2.65. The number of anilines is 1. The summed E-state index contributed by atoms with van der Waals surface area (Å²) in [6, 6.07) is 0. The number of fused-ring (bicyclic) bond motifs is 1. The monoisotopic (exact) mass is 340 g/mol. The third-order valence-corrected chi connectivity index (χ3v) is 4.64. The molecule has 4 atom stereocenters. The van der Waals surface area contributed by atoms with Crippen molar-refractivity contribution in [3.8, 4) is 0 Å². The minimum Gasteiger partial charge on any atom is -0.390 e. The van der Waals surface area contributed by atoms with Crippen LogP contribution in [0.15, 0.2) is 22.2 Å². The number of thiazole rings is 1. The summed E-state index contributed by atoms with van der Waals surface area (Å²) in [5.74, 6) is -0.134. The van der Waals surface area contributed by atoms with Gasteiger partial charge in [-0.2, -0.15) is 4.98 Å². The highest BCUT2D eigenvalue weighted by molar-refractivity contribution is 7.16. The molecule has 0 amide bonds. The molecule has 1 aliphatic rings. The molecule has 9 nitrogen and oxygen atoms in total. The number of aliphatic hydroxyl groups is 2. The Kier molecular flexibility index (Phi) is 4.06. The molecule has 1 saturated heterocycles. The number of hydrogen-bond acceptors (Lipinski definition) is 8. The van der Waals surface area contributed by atoms with Gasteiger partial charge in [-0.05, 0) is 6.42 Å². The smallest absolute Gasteiger partial charge is 0.311 e. The van der Waals surface area contributed by atoms with E-state index in [9.17, 15) is 19.8 Å². The Morgan fingerprint density at radius 3 is 3.04 bits per heavy atom. The van der Waals surface area contributed by atoms with E-state index in [-0.39, 0.29) is 22.7 Å². The van der Waals surface area contributed by atoms with E-state index >= 15 is 0 Å². The zero-order valence-corrected chi connectivity index (χ0v) is 12.8. The molecular weight excluding hydrogens is 324 g/mol. The van der Waals surface area contributed by atoms with E-state index in [1.54, 1.807) is 6.08 Å². The van der Waals surface area contributed by atoms with Gasteiger partial charge in [0.05, 0.1) is 12.2 Å². The predicted molar refractivity (Wildman–Crippen MR) is 84.3 cm³/mol. The minimum absolute atomic E-state index is 0.0594. The van der Waals surface area contributed by atoms with Crippen molar-refractivity contribution < 1.29 is 14.9 Å². The van der Waals surface area contributed by atoms with Crippen LogP contribution in [0.3, 0.4) is 0 Å². The van der Waals surface area contributed by atoms with E-state index in [4.69, 9.17) is 10.5 Å². The van der Waals surface area contributed by atoms with Crippen molar-refractivity contribution in [2.24, 2.45) is 0 Å². The maximum Gasteiger partial charge on any atom is 0.311 e. The first-order chi connectivity index (χ1) is 10.9. The highest BCUT2D eigenvalue weighted by Crippen LogP contribution is 2.32. The largest absolute Gasteiger partial charge is 0.390 e. The van der Waals surface area contributed by atoms with Crippen molar-refractivity contribution in [3.05, 3.63) is 32.7 Å². The van der Waals surface area contributed by atoms with E-state index in [0.717, 1.165) is 4.57 Å². The molecule has 124 valence electrons. The Hall–Kier alpha value is -2.01. The third-order valence-electron chi connectivity index (χ3n) is 3.70. The highest BCUT2D eigenvalue weighted by atomic mass is 32.1. The zero-order chi connectivity index (χ0) is 16.7. The SMILES string of the molecule is C=CCC(O)C1C[C@@H](O)[C@@H](n2c(=O)sc3c(=O)[nH]c(N)nc32)O1. The van der Waals surface area contributed by atoms with Crippen LogP contribution in [-0.4, -0.2) is 43.1 Å². The Morgan fingerprint density at radius 2 is 2.35 bits per heavy atom. The molecule has 1 fully saturated rings. The van der Waals surface area contributed by atoms with E-state index in [0.29, 0.717) is 17.8 Å². The van der Waals surface area contributed by atoms with Crippen molar-refractivity contribution in [2.75, 3.05) is 5.73 Å². The number of nitrogens with one attached hydrogen (secondary N) is 1. The lowest BCUT2D eigenvalue weighted by molar-refractivity contribution is -0.0737. The lowest BCUT2D eigenvalue weighted by Crippen LogP contribution is -2.28. The number of H-pyrrole nitrogens is 1. The zero-order valence-electron chi connectivity index (χ0n) is 12.0. The van der Waals surface area contributed by atoms with Gasteiger partial charge < -0.3 is 20.7 Å². The van der Waals surface area contributed by atoms with Gasteiger partial charge in [0, 0.05) is 6.42 Å². The summed E-state index contributed by atoms with van der Waals surface area (Å²) in [4.78, 5) is 29.9. The molecule has 0 aromatic carbocycles. The molecule has 1 aliphatic heterocycles. The van der Waals surface area contributed by atoms with Crippen LogP contribution in [-0.2, 0) is 4.74 Å². The molecule has 2 unspecified atom stereocenters. The van der Waals surface area contributed by atoms with Gasteiger partial charge in [0.1, 0.15) is 10.8 Å². The second kappa shape index (κ2) is 5.89. The van der Waals surface area contributed by atoms with Crippen LogP contribution in [0.4, 0.5) is 5.95 Å². The number of nitrogen functional groups attached to an aromatic ring is 1. The van der Waals surface area contributed by atoms with E-state index in [1.807, 2.05) is 0 Å². The molecule has 5 N–H and O–H groups in total. The van der Waals surface area contributed by atoms with Gasteiger partial charge in [0.2, 0.25) is 5.95 Å². The van der Waals surface area contributed by atoms with Crippen LogP contribution in [0.25, 0.3) is 10.3 Å². The standard InChI is InChI=1S/C13H16N4O5S/c1-2-3-5(18)7-4-6(19)11(22-7)17-9-8(23-13(17)21)10(20)16-12(14)15-9/h2,5-7,11,18-19H,1,3-4H2,(H3,14,15,16,20)/t5?,6-,7?,11+/m1/s1. The van der Waals surface area contributed by atoms with E-state index in [1.165, 1.54) is 0 Å². The second-order valence-electron chi connectivity index (χ2n) is 5.30. The van der Waals surface area contributed by atoms with Gasteiger partial charge in [0.25, 0.3) is 5.56 Å². The van der Waals surface area contributed by atoms with Gasteiger partial charge >= 0.3 is 4.87 Å². The first-order valence-electron chi connectivity index (χ1n) is 6.95. The lowest BCUT2D eigenvalue weighted by Gasteiger charge is -2.18. The first-order valence-corrected chi connectivity index (χ1v) is 7.77. The summed E-state index contributed by atoms with van der Waals surface area (Å²) < 4.78 is 6.84. The van der Waals surface area contributed by atoms with Crippen LogP contribution in [0.1, 0.15) is 19.1 Å². The molecule has 3 rings (SSSR count). The molecule has 0 bridgehead atoms. The Morgan fingerprint density at radius 1 is 1.61 bits per heavy atom. The molecule has 2 aromatic rings. The minimum atomic E-state index is -1.03. The topological polar surface area (TPSA) is 143 Å². The number of aromatic nitrogens is 3. The Bertz CT molecular complexity index is 856. The average Bonchev–Trinajstić information content (AvgIpc) is 2.99. The first kappa shape index (κ1) is 15.9. The number of ether oxygens (including phenoxy) is 1. The Labute approximate surface area is 133 Å². The van der Waals surface area contributed by atoms with Crippen LogP contribution < -0.4 is 16.2 Å². The molecule has 23 heavy (non-hydrogen) atoms. The van der Waals surface area contributed by atoms with Crippen molar-refractivity contribution in [1.29, 1.82) is 0 Å². The van der Waals surface area contributed by atoms with Crippen LogP contribution in [0.5, 0.6) is 0 Å². The van der Waals surface area contributed by atoms with Gasteiger partial charge in [-0.25, -0.2) is 0 Å². The summed E-state index contributed by atoms with van der Waals surface area (Å²) in [6.07, 6.45) is -1.53. The maximum atomic E-state index is 12.2. The van der Waals surface area contributed by atoms with Gasteiger partial charge in [-0.3, -0.25) is 19.1 Å². The second-order valence-corrected chi connectivity index (χ2v) is 6.26. The summed E-state index contributed by atoms with van der Waals surface area (Å²) in [7, 11) is 0.